The van der Waals surface area contributed by atoms with Gasteiger partial charge in [-0.15, -0.1) is 24.8 Å². The molecule has 0 saturated heterocycles. The predicted octanol–water partition coefficient (Wildman–Crippen LogP) is 2.04. The lowest BCUT2D eigenvalue weighted by Crippen LogP contribution is -1.99. The lowest BCUT2D eigenvalue weighted by atomic mass is 10.4. The van der Waals surface area contributed by atoms with Crippen LogP contribution in [0.1, 0.15) is 0 Å². The summed E-state index contributed by atoms with van der Waals surface area (Å²) in [6.07, 6.45) is 4.98. The maximum Gasteiger partial charge on any atom is 0.229 e. The van der Waals surface area contributed by atoms with Crippen molar-refractivity contribution in [3.8, 4) is 0 Å². The summed E-state index contributed by atoms with van der Waals surface area (Å²) in [6.45, 7) is 0. The van der Waals surface area contributed by atoms with Crippen molar-refractivity contribution < 1.29 is 0 Å². The van der Waals surface area contributed by atoms with Crippen LogP contribution in [0.5, 0.6) is 0 Å². The van der Waals surface area contributed by atoms with E-state index in [1.165, 1.54) is 0 Å². The minimum Gasteiger partial charge on any atom is -0.384 e. The Kier molecular flexibility index (Phi) is 6.14. The molecule has 0 atom stereocenters. The first-order valence-electron chi connectivity index (χ1n) is 4.10. The average molecular weight is 260 g/mol. The molecule has 0 radical (unpaired) electrons. The van der Waals surface area contributed by atoms with E-state index in [0.29, 0.717) is 11.8 Å². The van der Waals surface area contributed by atoms with Crippen molar-refractivity contribution in [1.29, 1.82) is 0 Å². The monoisotopic (exact) mass is 259 g/mol. The van der Waals surface area contributed by atoms with Crippen molar-refractivity contribution in [2.75, 3.05) is 11.1 Å². The fourth-order valence-electron chi connectivity index (χ4n) is 0.997. The summed E-state index contributed by atoms with van der Waals surface area (Å²) in [5, 5.41) is 3.00. The van der Waals surface area contributed by atoms with Crippen LogP contribution in [0.4, 0.5) is 17.5 Å². The van der Waals surface area contributed by atoms with Gasteiger partial charge < -0.3 is 11.1 Å². The number of hydrogen-bond acceptors (Lipinski definition) is 5. The standard InChI is InChI=1S/C9H9N5.2ClH/c10-8-3-6-12-9(14-8)13-7-1-4-11-5-2-7;;/h1-6H,(H3,10,11,12,13,14);2*1H. The molecule has 2 rings (SSSR count). The first-order valence-corrected chi connectivity index (χ1v) is 4.10. The number of nitrogen functional groups attached to an aromatic ring is 1. The number of aromatic nitrogens is 3. The summed E-state index contributed by atoms with van der Waals surface area (Å²) in [7, 11) is 0. The predicted molar refractivity (Wildman–Crippen MR) is 68.5 cm³/mol. The molecule has 0 amide bonds. The van der Waals surface area contributed by atoms with Crippen LogP contribution < -0.4 is 11.1 Å². The zero-order valence-electron chi connectivity index (χ0n) is 8.20. The van der Waals surface area contributed by atoms with E-state index < -0.39 is 0 Å². The molecule has 3 N–H and O–H groups in total. The second-order valence-corrected chi connectivity index (χ2v) is 2.67. The molecule has 2 heterocycles. The Morgan fingerprint density at radius 1 is 1.00 bits per heavy atom. The molecule has 0 aliphatic heterocycles. The number of halogens is 2. The van der Waals surface area contributed by atoms with Crippen molar-refractivity contribution in [2.45, 2.75) is 0 Å². The Morgan fingerprint density at radius 2 is 1.69 bits per heavy atom. The molecule has 16 heavy (non-hydrogen) atoms. The van der Waals surface area contributed by atoms with Gasteiger partial charge in [0.15, 0.2) is 0 Å². The second-order valence-electron chi connectivity index (χ2n) is 2.67. The molecule has 0 saturated carbocycles. The Balaban J connectivity index is 0.00000112. The summed E-state index contributed by atoms with van der Waals surface area (Å²) in [4.78, 5) is 11.9. The SMILES string of the molecule is Cl.Cl.Nc1ccnc(Nc2ccncc2)n1. The van der Waals surface area contributed by atoms with E-state index in [1.54, 1.807) is 24.7 Å². The highest BCUT2D eigenvalue weighted by Crippen LogP contribution is 2.10. The van der Waals surface area contributed by atoms with Gasteiger partial charge in [-0.05, 0) is 18.2 Å². The number of rotatable bonds is 2. The zero-order valence-corrected chi connectivity index (χ0v) is 9.83. The van der Waals surface area contributed by atoms with Crippen molar-refractivity contribution in [2.24, 2.45) is 0 Å². The normalized spacial score (nSPS) is 8.50. The van der Waals surface area contributed by atoms with Crippen LogP contribution in [-0.4, -0.2) is 15.0 Å². The topological polar surface area (TPSA) is 76.7 Å². The molecule has 0 spiro atoms. The van der Waals surface area contributed by atoms with Crippen LogP contribution >= 0.6 is 24.8 Å². The number of nitrogens with two attached hydrogens (primary N) is 1. The minimum atomic E-state index is 0. The number of nitrogens with zero attached hydrogens (tertiary/aromatic N) is 3. The van der Waals surface area contributed by atoms with Gasteiger partial charge in [-0.1, -0.05) is 0 Å². The van der Waals surface area contributed by atoms with Gasteiger partial charge in [-0.2, -0.15) is 4.98 Å². The highest BCUT2D eigenvalue weighted by atomic mass is 35.5. The minimum absolute atomic E-state index is 0. The van der Waals surface area contributed by atoms with Gasteiger partial charge in [-0.3, -0.25) is 4.98 Å². The summed E-state index contributed by atoms with van der Waals surface area (Å²) in [6, 6.07) is 5.29. The van der Waals surface area contributed by atoms with Gasteiger partial charge in [0.25, 0.3) is 0 Å². The van der Waals surface area contributed by atoms with E-state index in [0.717, 1.165) is 5.69 Å². The molecule has 0 unspecified atom stereocenters. The van der Waals surface area contributed by atoms with Crippen molar-refractivity contribution in [3.05, 3.63) is 36.8 Å². The lowest BCUT2D eigenvalue weighted by Gasteiger charge is -2.03. The summed E-state index contributed by atoms with van der Waals surface area (Å²) < 4.78 is 0. The summed E-state index contributed by atoms with van der Waals surface area (Å²) in [5.74, 6) is 0.924. The molecule has 0 aromatic carbocycles. The van der Waals surface area contributed by atoms with E-state index in [9.17, 15) is 0 Å². The van der Waals surface area contributed by atoms with E-state index in [-0.39, 0.29) is 24.8 Å². The maximum atomic E-state index is 5.51. The van der Waals surface area contributed by atoms with E-state index in [1.807, 2.05) is 12.1 Å². The molecule has 2 aromatic heterocycles. The second kappa shape index (κ2) is 6.81. The third kappa shape index (κ3) is 3.88. The lowest BCUT2D eigenvalue weighted by molar-refractivity contribution is 1.17. The van der Waals surface area contributed by atoms with Gasteiger partial charge in [-0.25, -0.2) is 4.98 Å². The number of hydrogen-bond donors (Lipinski definition) is 2. The average Bonchev–Trinajstić information content (AvgIpc) is 2.19. The van der Waals surface area contributed by atoms with Crippen LogP contribution in [0.2, 0.25) is 0 Å². The van der Waals surface area contributed by atoms with E-state index in [4.69, 9.17) is 5.73 Å². The third-order valence-electron chi connectivity index (χ3n) is 1.61. The number of pyridine rings is 1. The molecule has 0 bridgehead atoms. The van der Waals surface area contributed by atoms with Crippen molar-refractivity contribution in [3.63, 3.8) is 0 Å². The van der Waals surface area contributed by atoms with E-state index in [2.05, 4.69) is 20.3 Å². The first-order chi connectivity index (χ1) is 6.84. The number of nitrogens with one attached hydrogen (secondary N) is 1. The van der Waals surface area contributed by atoms with Gasteiger partial charge in [0.1, 0.15) is 5.82 Å². The summed E-state index contributed by atoms with van der Waals surface area (Å²) in [5.41, 5.74) is 6.39. The van der Waals surface area contributed by atoms with E-state index >= 15 is 0 Å². The van der Waals surface area contributed by atoms with Crippen LogP contribution in [0.15, 0.2) is 36.8 Å². The highest BCUT2D eigenvalue weighted by molar-refractivity contribution is 5.85. The molecular weight excluding hydrogens is 249 g/mol. The maximum absolute atomic E-state index is 5.51. The van der Waals surface area contributed by atoms with Crippen molar-refractivity contribution in [1.82, 2.24) is 15.0 Å². The van der Waals surface area contributed by atoms with Gasteiger partial charge >= 0.3 is 0 Å². The van der Waals surface area contributed by atoms with Gasteiger partial charge in [0, 0.05) is 24.3 Å². The Bertz CT molecular complexity index is 423. The Labute approximate surface area is 105 Å². The Morgan fingerprint density at radius 3 is 2.31 bits per heavy atom. The molecule has 0 aliphatic carbocycles. The molecular formula is C9H11Cl2N5. The smallest absolute Gasteiger partial charge is 0.229 e. The molecule has 2 aromatic rings. The highest BCUT2D eigenvalue weighted by Gasteiger charge is 1.96. The Hall–Kier alpha value is -1.59. The molecule has 5 nitrogen and oxygen atoms in total. The van der Waals surface area contributed by atoms with Crippen LogP contribution in [0.25, 0.3) is 0 Å². The van der Waals surface area contributed by atoms with Gasteiger partial charge in [0.2, 0.25) is 5.95 Å². The van der Waals surface area contributed by atoms with Crippen molar-refractivity contribution >= 4 is 42.3 Å². The zero-order chi connectivity index (χ0) is 9.80. The molecule has 86 valence electrons. The van der Waals surface area contributed by atoms with Crippen LogP contribution in [-0.2, 0) is 0 Å². The quantitative estimate of drug-likeness (QED) is 0.864. The summed E-state index contributed by atoms with van der Waals surface area (Å²) >= 11 is 0. The van der Waals surface area contributed by atoms with Gasteiger partial charge in [0.05, 0.1) is 0 Å². The fraction of sp³-hybridized carbons (Fsp3) is 0. The fourth-order valence-corrected chi connectivity index (χ4v) is 0.997. The molecule has 0 aliphatic rings. The first kappa shape index (κ1) is 14.4. The van der Waals surface area contributed by atoms with Crippen LogP contribution in [0, 0.1) is 0 Å². The molecule has 0 fully saturated rings. The largest absolute Gasteiger partial charge is 0.384 e. The third-order valence-corrected chi connectivity index (χ3v) is 1.61. The molecule has 7 heteroatoms. The van der Waals surface area contributed by atoms with Crippen LogP contribution in [0.3, 0.4) is 0 Å². The number of anilines is 3.